The van der Waals surface area contributed by atoms with E-state index in [2.05, 4.69) is 0 Å². The van der Waals surface area contributed by atoms with Crippen LogP contribution in [0.5, 0.6) is 0 Å². The SMILES string of the molecule is CC1=CCC(C)(S(=O)(=O)[O-])C=C1.[Ag+]. The molecule has 0 saturated heterocycles. The maximum atomic E-state index is 10.8. The largest absolute Gasteiger partial charge is 1.00 e. The maximum Gasteiger partial charge on any atom is 1.00 e. The van der Waals surface area contributed by atoms with E-state index >= 15 is 0 Å². The molecule has 78 valence electrons. The Bertz CT molecular complexity index is 342. The van der Waals surface area contributed by atoms with Gasteiger partial charge in [0.15, 0.2) is 0 Å². The van der Waals surface area contributed by atoms with Gasteiger partial charge in [0.05, 0.1) is 4.75 Å². The molecule has 1 unspecified atom stereocenters. The number of allylic oxidation sites excluding steroid dienone is 3. The van der Waals surface area contributed by atoms with Crippen LogP contribution < -0.4 is 0 Å². The Kier molecular flexibility index (Phi) is 4.15. The van der Waals surface area contributed by atoms with Crippen LogP contribution in [0.15, 0.2) is 23.8 Å². The Morgan fingerprint density at radius 2 is 2.08 bits per heavy atom. The Balaban J connectivity index is 0.00000144. The summed E-state index contributed by atoms with van der Waals surface area (Å²) in [6.07, 6.45) is 5.17. The molecule has 0 amide bonds. The second kappa shape index (κ2) is 4.11. The van der Waals surface area contributed by atoms with Crippen molar-refractivity contribution >= 4 is 10.1 Å². The van der Waals surface area contributed by atoms with Crippen molar-refractivity contribution in [2.75, 3.05) is 0 Å². The average Bonchev–Trinajstić information content (AvgIpc) is 1.93. The fourth-order valence-electron chi connectivity index (χ4n) is 0.993. The van der Waals surface area contributed by atoms with E-state index < -0.39 is 14.9 Å². The summed E-state index contributed by atoms with van der Waals surface area (Å²) in [5.74, 6) is 0. The third-order valence-electron chi connectivity index (χ3n) is 2.10. The van der Waals surface area contributed by atoms with Gasteiger partial charge < -0.3 is 4.55 Å². The molecule has 3 nitrogen and oxygen atoms in total. The van der Waals surface area contributed by atoms with Crippen LogP contribution in [0, 0.1) is 0 Å². The zero-order valence-corrected chi connectivity index (χ0v) is 9.67. The minimum atomic E-state index is -4.23. The monoisotopic (exact) mass is 294 g/mol. The first-order chi connectivity index (χ1) is 5.35. The number of rotatable bonds is 1. The Morgan fingerprint density at radius 1 is 1.54 bits per heavy atom. The van der Waals surface area contributed by atoms with Crippen LogP contribution in [0.1, 0.15) is 20.3 Å². The molecule has 0 aromatic carbocycles. The van der Waals surface area contributed by atoms with Gasteiger partial charge in [-0.05, 0) is 20.3 Å². The van der Waals surface area contributed by atoms with E-state index in [0.29, 0.717) is 0 Å². The summed E-state index contributed by atoms with van der Waals surface area (Å²) in [6.45, 7) is 3.31. The molecule has 13 heavy (non-hydrogen) atoms. The minimum Gasteiger partial charge on any atom is -0.747 e. The van der Waals surface area contributed by atoms with Gasteiger partial charge in [-0.1, -0.05) is 23.8 Å². The van der Waals surface area contributed by atoms with E-state index in [0.717, 1.165) is 5.57 Å². The van der Waals surface area contributed by atoms with E-state index in [1.807, 2.05) is 6.92 Å². The van der Waals surface area contributed by atoms with Gasteiger partial charge in [-0.2, -0.15) is 0 Å². The zero-order chi connectivity index (χ0) is 9.41. The Hall–Kier alpha value is 0.130. The summed E-state index contributed by atoms with van der Waals surface area (Å²) in [7, 11) is -4.23. The molecule has 0 bridgehead atoms. The fourth-order valence-corrected chi connectivity index (χ4v) is 1.52. The van der Waals surface area contributed by atoms with E-state index in [-0.39, 0.29) is 28.8 Å². The van der Waals surface area contributed by atoms with Gasteiger partial charge in [0, 0.05) is 0 Å². The van der Waals surface area contributed by atoms with Crippen molar-refractivity contribution < 1.29 is 35.4 Å². The van der Waals surface area contributed by atoms with Crippen LogP contribution in [-0.2, 0) is 32.5 Å². The van der Waals surface area contributed by atoms with Gasteiger partial charge in [-0.25, -0.2) is 8.42 Å². The van der Waals surface area contributed by atoms with E-state index in [1.54, 1.807) is 12.2 Å². The predicted octanol–water partition coefficient (Wildman–Crippen LogP) is 1.19. The third-order valence-corrected chi connectivity index (χ3v) is 3.54. The Morgan fingerprint density at radius 3 is 2.38 bits per heavy atom. The molecule has 0 heterocycles. The summed E-state index contributed by atoms with van der Waals surface area (Å²) in [5, 5.41) is 0. The smallest absolute Gasteiger partial charge is 0.747 e. The Labute approximate surface area is 94.2 Å². The molecule has 0 fully saturated rings. The first-order valence-electron chi connectivity index (χ1n) is 3.67. The molecule has 0 aromatic rings. The molecular weight excluding hydrogens is 284 g/mol. The van der Waals surface area contributed by atoms with Crippen molar-refractivity contribution in [3.63, 3.8) is 0 Å². The van der Waals surface area contributed by atoms with Gasteiger partial charge >= 0.3 is 22.4 Å². The molecule has 1 aliphatic carbocycles. The van der Waals surface area contributed by atoms with E-state index in [9.17, 15) is 13.0 Å². The zero-order valence-electron chi connectivity index (χ0n) is 7.37. The second-order valence-corrected chi connectivity index (χ2v) is 5.09. The minimum absolute atomic E-state index is 0. The summed E-state index contributed by atoms with van der Waals surface area (Å²) in [5.41, 5.74) is 0.996. The first-order valence-corrected chi connectivity index (χ1v) is 5.07. The molecule has 1 atom stereocenters. The van der Waals surface area contributed by atoms with Gasteiger partial charge in [0.2, 0.25) is 0 Å². The van der Waals surface area contributed by atoms with Crippen molar-refractivity contribution in [1.82, 2.24) is 0 Å². The van der Waals surface area contributed by atoms with E-state index in [4.69, 9.17) is 0 Å². The van der Waals surface area contributed by atoms with Gasteiger partial charge in [-0.15, -0.1) is 0 Å². The average molecular weight is 295 g/mol. The van der Waals surface area contributed by atoms with Crippen molar-refractivity contribution in [2.24, 2.45) is 0 Å². The van der Waals surface area contributed by atoms with Crippen molar-refractivity contribution in [1.29, 1.82) is 0 Å². The number of hydrogen-bond donors (Lipinski definition) is 0. The van der Waals surface area contributed by atoms with Crippen LogP contribution in [0.4, 0.5) is 0 Å². The third kappa shape index (κ3) is 2.79. The summed E-state index contributed by atoms with van der Waals surface area (Å²) < 4.78 is 31.1. The van der Waals surface area contributed by atoms with Gasteiger partial charge in [0.1, 0.15) is 10.1 Å². The topological polar surface area (TPSA) is 57.2 Å². The second-order valence-electron chi connectivity index (χ2n) is 3.25. The molecule has 0 aliphatic heterocycles. The molecule has 1 aliphatic rings. The normalized spacial score (nSPS) is 27.8. The molecule has 1 rings (SSSR count). The molecule has 0 spiro atoms. The molecule has 0 N–H and O–H groups in total. The van der Waals surface area contributed by atoms with Crippen LogP contribution in [0.25, 0.3) is 0 Å². The first kappa shape index (κ1) is 13.1. The number of hydrogen-bond acceptors (Lipinski definition) is 3. The van der Waals surface area contributed by atoms with Gasteiger partial charge in [0.25, 0.3) is 0 Å². The van der Waals surface area contributed by atoms with Crippen LogP contribution >= 0.6 is 0 Å². The van der Waals surface area contributed by atoms with E-state index in [1.165, 1.54) is 13.0 Å². The van der Waals surface area contributed by atoms with Gasteiger partial charge in [-0.3, -0.25) is 0 Å². The van der Waals surface area contributed by atoms with Crippen LogP contribution in [-0.4, -0.2) is 17.7 Å². The molecule has 0 aromatic heterocycles. The fraction of sp³-hybridized carbons (Fsp3) is 0.500. The van der Waals surface area contributed by atoms with Crippen molar-refractivity contribution in [2.45, 2.75) is 25.0 Å². The van der Waals surface area contributed by atoms with Crippen molar-refractivity contribution in [3.05, 3.63) is 23.8 Å². The molecule has 0 radical (unpaired) electrons. The van der Waals surface area contributed by atoms with Crippen LogP contribution in [0.2, 0.25) is 0 Å². The van der Waals surface area contributed by atoms with Crippen LogP contribution in [0.3, 0.4) is 0 Å². The summed E-state index contributed by atoms with van der Waals surface area (Å²) in [4.78, 5) is 0. The molecular formula is C8H11AgO3S. The van der Waals surface area contributed by atoms with Crippen molar-refractivity contribution in [3.8, 4) is 0 Å². The maximum absolute atomic E-state index is 10.8. The standard InChI is InChI=1S/C8H12O3S.Ag/c1-7-3-5-8(2,6-4-7)12(9,10)11;/h3-5H,6H2,1-2H3,(H,9,10,11);/q;+1/p-1. The molecule has 0 saturated carbocycles. The summed E-state index contributed by atoms with van der Waals surface area (Å²) in [6, 6.07) is 0. The molecule has 5 heteroatoms. The predicted molar refractivity (Wildman–Crippen MR) is 45.6 cm³/mol. The quantitative estimate of drug-likeness (QED) is 0.539. The summed E-state index contributed by atoms with van der Waals surface area (Å²) >= 11 is 0.